The molecule has 0 atom stereocenters. The number of rotatable bonds is 7. The first-order valence-electron chi connectivity index (χ1n) is 5.48. The summed E-state index contributed by atoms with van der Waals surface area (Å²) in [6, 6.07) is 0. The average Bonchev–Trinajstić information content (AvgIpc) is 2.96. The SMILES string of the molecule is Cn1nncc1CNCCSCC1CC1. The molecule has 2 rings (SSSR count). The van der Waals surface area contributed by atoms with Gasteiger partial charge in [0.25, 0.3) is 0 Å². The van der Waals surface area contributed by atoms with Crippen LogP contribution in [0, 0.1) is 5.92 Å². The highest BCUT2D eigenvalue weighted by Crippen LogP contribution is 2.32. The molecule has 0 radical (unpaired) electrons. The van der Waals surface area contributed by atoms with E-state index < -0.39 is 0 Å². The quantitative estimate of drug-likeness (QED) is 0.706. The third-order valence-electron chi connectivity index (χ3n) is 2.59. The van der Waals surface area contributed by atoms with Crippen molar-refractivity contribution < 1.29 is 0 Å². The first kappa shape index (κ1) is 11.0. The van der Waals surface area contributed by atoms with Crippen LogP contribution >= 0.6 is 11.8 Å². The zero-order valence-electron chi connectivity index (χ0n) is 9.15. The molecule has 1 heterocycles. The normalized spacial score (nSPS) is 15.8. The van der Waals surface area contributed by atoms with Crippen molar-refractivity contribution in [2.45, 2.75) is 19.4 Å². The Morgan fingerprint density at radius 2 is 2.47 bits per heavy atom. The standard InChI is InChI=1S/C10H18N4S/c1-14-10(7-12-13-14)6-11-4-5-15-8-9-2-3-9/h7,9,11H,2-6,8H2,1H3. The number of hydrogen-bond donors (Lipinski definition) is 1. The van der Waals surface area contributed by atoms with Crippen LogP contribution in [0.1, 0.15) is 18.5 Å². The summed E-state index contributed by atoms with van der Waals surface area (Å²) >= 11 is 2.06. The summed E-state index contributed by atoms with van der Waals surface area (Å²) in [5, 5.41) is 11.1. The van der Waals surface area contributed by atoms with Gasteiger partial charge in [-0.3, -0.25) is 4.68 Å². The number of nitrogens with zero attached hydrogens (tertiary/aromatic N) is 3. The zero-order chi connectivity index (χ0) is 10.5. The van der Waals surface area contributed by atoms with Gasteiger partial charge >= 0.3 is 0 Å². The number of hydrogen-bond acceptors (Lipinski definition) is 4. The molecule has 0 aromatic carbocycles. The van der Waals surface area contributed by atoms with Crippen LogP contribution in [0.25, 0.3) is 0 Å². The Morgan fingerprint density at radius 1 is 1.60 bits per heavy atom. The van der Waals surface area contributed by atoms with E-state index in [1.54, 1.807) is 0 Å². The van der Waals surface area contributed by atoms with Gasteiger partial charge in [0.15, 0.2) is 0 Å². The Balaban J connectivity index is 1.49. The maximum Gasteiger partial charge on any atom is 0.0738 e. The fraction of sp³-hybridized carbons (Fsp3) is 0.800. The second kappa shape index (κ2) is 5.51. The molecule has 1 fully saturated rings. The van der Waals surface area contributed by atoms with E-state index in [0.717, 1.165) is 24.7 Å². The molecule has 1 N–H and O–H groups in total. The largest absolute Gasteiger partial charge is 0.310 e. The summed E-state index contributed by atoms with van der Waals surface area (Å²) in [6.45, 7) is 1.94. The maximum absolute atomic E-state index is 3.88. The fourth-order valence-corrected chi connectivity index (χ4v) is 2.49. The molecule has 0 bridgehead atoms. The summed E-state index contributed by atoms with van der Waals surface area (Å²) < 4.78 is 1.81. The van der Waals surface area contributed by atoms with Crippen LogP contribution in [0.2, 0.25) is 0 Å². The first-order chi connectivity index (χ1) is 7.36. The summed E-state index contributed by atoms with van der Waals surface area (Å²) in [7, 11) is 1.92. The van der Waals surface area contributed by atoms with Gasteiger partial charge in [-0.1, -0.05) is 5.21 Å². The van der Waals surface area contributed by atoms with E-state index in [4.69, 9.17) is 0 Å². The van der Waals surface area contributed by atoms with Gasteiger partial charge in [-0.15, -0.1) is 5.10 Å². The van der Waals surface area contributed by atoms with Crippen LogP contribution in [-0.4, -0.2) is 33.0 Å². The smallest absolute Gasteiger partial charge is 0.0738 e. The second-order valence-corrected chi connectivity index (χ2v) is 5.19. The van der Waals surface area contributed by atoms with Crippen LogP contribution in [-0.2, 0) is 13.6 Å². The van der Waals surface area contributed by atoms with Crippen molar-refractivity contribution >= 4 is 11.8 Å². The third-order valence-corrected chi connectivity index (χ3v) is 3.79. The molecule has 1 aliphatic rings. The van der Waals surface area contributed by atoms with E-state index in [2.05, 4.69) is 27.4 Å². The Labute approximate surface area is 94.8 Å². The summed E-state index contributed by atoms with van der Waals surface area (Å²) in [6.07, 6.45) is 4.73. The van der Waals surface area contributed by atoms with Gasteiger partial charge in [0.05, 0.1) is 11.9 Å². The van der Waals surface area contributed by atoms with Gasteiger partial charge in [0.1, 0.15) is 0 Å². The lowest BCUT2D eigenvalue weighted by Crippen LogP contribution is -2.18. The van der Waals surface area contributed by atoms with Gasteiger partial charge in [-0.05, 0) is 24.5 Å². The van der Waals surface area contributed by atoms with Crippen LogP contribution in [0.15, 0.2) is 6.20 Å². The molecule has 0 unspecified atom stereocenters. The Kier molecular flexibility index (Phi) is 4.02. The Hall–Kier alpha value is -0.550. The average molecular weight is 226 g/mol. The van der Waals surface area contributed by atoms with E-state index >= 15 is 0 Å². The minimum Gasteiger partial charge on any atom is -0.310 e. The highest BCUT2D eigenvalue weighted by Gasteiger charge is 2.20. The van der Waals surface area contributed by atoms with E-state index in [1.807, 2.05) is 17.9 Å². The van der Waals surface area contributed by atoms with Gasteiger partial charge in [-0.2, -0.15) is 11.8 Å². The molecule has 0 amide bonds. The molecule has 1 saturated carbocycles. The van der Waals surface area contributed by atoms with Gasteiger partial charge in [-0.25, -0.2) is 0 Å². The Bertz CT molecular complexity index is 295. The molecule has 0 saturated heterocycles. The van der Waals surface area contributed by atoms with Crippen LogP contribution in [0.3, 0.4) is 0 Å². The molecule has 15 heavy (non-hydrogen) atoms. The van der Waals surface area contributed by atoms with Crippen molar-refractivity contribution in [2.75, 3.05) is 18.1 Å². The van der Waals surface area contributed by atoms with E-state index in [0.29, 0.717) is 0 Å². The van der Waals surface area contributed by atoms with Gasteiger partial charge < -0.3 is 5.32 Å². The van der Waals surface area contributed by atoms with Crippen LogP contribution < -0.4 is 5.32 Å². The van der Waals surface area contributed by atoms with Gasteiger partial charge in [0, 0.05) is 25.9 Å². The van der Waals surface area contributed by atoms with E-state index in [9.17, 15) is 0 Å². The topological polar surface area (TPSA) is 42.7 Å². The summed E-state index contributed by atoms with van der Waals surface area (Å²) in [5.41, 5.74) is 1.14. The lowest BCUT2D eigenvalue weighted by atomic mass is 10.4. The number of nitrogens with one attached hydrogen (secondary N) is 1. The fourth-order valence-electron chi connectivity index (χ4n) is 1.37. The molecule has 0 aliphatic heterocycles. The van der Waals surface area contributed by atoms with Gasteiger partial charge in [0.2, 0.25) is 0 Å². The molecule has 84 valence electrons. The molecule has 0 spiro atoms. The molecule has 1 aromatic rings. The lowest BCUT2D eigenvalue weighted by molar-refractivity contribution is 0.632. The van der Waals surface area contributed by atoms with E-state index in [1.165, 1.54) is 24.3 Å². The molecule has 4 nitrogen and oxygen atoms in total. The number of thioether (sulfide) groups is 1. The molecule has 5 heteroatoms. The maximum atomic E-state index is 3.88. The van der Waals surface area contributed by atoms with Crippen LogP contribution in [0.4, 0.5) is 0 Å². The molecular weight excluding hydrogens is 208 g/mol. The highest BCUT2D eigenvalue weighted by molar-refractivity contribution is 7.99. The minimum absolute atomic E-state index is 0.869. The van der Waals surface area contributed by atoms with Crippen molar-refractivity contribution in [1.82, 2.24) is 20.3 Å². The predicted octanol–water partition coefficient (Wildman–Crippen LogP) is 1.05. The monoisotopic (exact) mass is 226 g/mol. The molecule has 1 aliphatic carbocycles. The number of aromatic nitrogens is 3. The summed E-state index contributed by atoms with van der Waals surface area (Å²) in [4.78, 5) is 0. The van der Waals surface area contributed by atoms with E-state index in [-0.39, 0.29) is 0 Å². The lowest BCUT2D eigenvalue weighted by Gasteiger charge is -2.03. The Morgan fingerprint density at radius 3 is 3.13 bits per heavy atom. The van der Waals surface area contributed by atoms with Crippen molar-refractivity contribution in [1.29, 1.82) is 0 Å². The van der Waals surface area contributed by atoms with Crippen LogP contribution in [0.5, 0.6) is 0 Å². The second-order valence-electron chi connectivity index (χ2n) is 4.04. The predicted molar refractivity (Wildman–Crippen MR) is 62.8 cm³/mol. The summed E-state index contributed by atoms with van der Waals surface area (Å²) in [5.74, 6) is 3.60. The minimum atomic E-state index is 0.869. The highest BCUT2D eigenvalue weighted by atomic mass is 32.2. The first-order valence-corrected chi connectivity index (χ1v) is 6.64. The number of aryl methyl sites for hydroxylation is 1. The third kappa shape index (κ3) is 3.83. The zero-order valence-corrected chi connectivity index (χ0v) is 9.96. The van der Waals surface area contributed by atoms with Crippen molar-refractivity contribution in [3.05, 3.63) is 11.9 Å². The molecular formula is C10H18N4S. The van der Waals surface area contributed by atoms with Crippen molar-refractivity contribution in [3.63, 3.8) is 0 Å². The van der Waals surface area contributed by atoms with Crippen molar-refractivity contribution in [3.8, 4) is 0 Å². The molecule has 1 aromatic heterocycles. The van der Waals surface area contributed by atoms with Crippen molar-refractivity contribution in [2.24, 2.45) is 13.0 Å².